The van der Waals surface area contributed by atoms with E-state index in [1.165, 1.54) is 31.2 Å². The van der Waals surface area contributed by atoms with E-state index in [0.29, 0.717) is 12.8 Å². The molecule has 0 bridgehead atoms. The van der Waals surface area contributed by atoms with E-state index in [1.54, 1.807) is 0 Å². The Balaban J connectivity index is 2.17. The zero-order chi connectivity index (χ0) is 20.2. The van der Waals surface area contributed by atoms with Crippen molar-refractivity contribution in [1.29, 1.82) is 0 Å². The summed E-state index contributed by atoms with van der Waals surface area (Å²) >= 11 is 0. The molecule has 2 rings (SSSR count). The molecule has 0 aliphatic carbocycles. The minimum Gasteiger partial charge on any atom is -0.478 e. The number of hydrogen-bond donors (Lipinski definition) is 1. The van der Waals surface area contributed by atoms with Gasteiger partial charge < -0.3 is 14.6 Å². The topological polar surface area (TPSA) is 68.7 Å². The summed E-state index contributed by atoms with van der Waals surface area (Å²) in [5, 5.41) is 9.40. The summed E-state index contributed by atoms with van der Waals surface area (Å²) in [4.78, 5) is 14.8. The molecule has 8 heteroatoms. The third-order valence-electron chi connectivity index (χ3n) is 4.06. The molecule has 2 aromatic rings. The number of benzene rings is 1. The van der Waals surface area contributed by atoms with Crippen molar-refractivity contribution in [2.45, 2.75) is 45.6 Å². The average Bonchev–Trinajstić information content (AvgIpc) is 2.64. The van der Waals surface area contributed by atoms with Gasteiger partial charge in [0.2, 0.25) is 17.4 Å². The SMILES string of the molecule is CCCCC(C)(Oc1ccc(Oc2nc(F)c(C)c(F)c2F)cc1)C(=O)O. The second kappa shape index (κ2) is 8.28. The smallest absolute Gasteiger partial charge is 0.347 e. The minimum atomic E-state index is -1.40. The lowest BCUT2D eigenvalue weighted by molar-refractivity contribution is -0.154. The van der Waals surface area contributed by atoms with Crippen LogP contribution < -0.4 is 9.47 Å². The monoisotopic (exact) mass is 383 g/mol. The van der Waals surface area contributed by atoms with E-state index in [2.05, 4.69) is 4.98 Å². The second-order valence-electron chi connectivity index (χ2n) is 6.28. The van der Waals surface area contributed by atoms with Crippen molar-refractivity contribution in [3.8, 4) is 17.4 Å². The molecule has 1 unspecified atom stereocenters. The summed E-state index contributed by atoms with van der Waals surface area (Å²) in [7, 11) is 0. The van der Waals surface area contributed by atoms with Gasteiger partial charge in [-0.3, -0.25) is 0 Å². The first-order chi connectivity index (χ1) is 12.7. The molecular weight excluding hydrogens is 363 g/mol. The minimum absolute atomic E-state index is 0.0574. The van der Waals surface area contributed by atoms with Gasteiger partial charge in [0.15, 0.2) is 5.82 Å². The van der Waals surface area contributed by atoms with Gasteiger partial charge in [-0.2, -0.15) is 13.8 Å². The quantitative estimate of drug-likeness (QED) is 0.649. The van der Waals surface area contributed by atoms with Gasteiger partial charge in [0.1, 0.15) is 11.5 Å². The van der Waals surface area contributed by atoms with Gasteiger partial charge in [0.25, 0.3) is 5.88 Å². The number of unbranched alkanes of at least 4 members (excludes halogenated alkanes) is 1. The first-order valence-corrected chi connectivity index (χ1v) is 8.39. The number of carboxylic acids is 1. The van der Waals surface area contributed by atoms with E-state index in [9.17, 15) is 23.1 Å². The molecule has 0 amide bonds. The highest BCUT2D eigenvalue weighted by molar-refractivity contribution is 5.77. The van der Waals surface area contributed by atoms with Crippen molar-refractivity contribution in [3.63, 3.8) is 0 Å². The Bertz CT molecular complexity index is 827. The predicted molar refractivity (Wildman–Crippen MR) is 91.6 cm³/mol. The number of hydrogen-bond acceptors (Lipinski definition) is 4. The number of aromatic nitrogens is 1. The maximum atomic E-state index is 13.8. The lowest BCUT2D eigenvalue weighted by atomic mass is 9.99. The maximum Gasteiger partial charge on any atom is 0.347 e. The van der Waals surface area contributed by atoms with Crippen LogP contribution in [-0.2, 0) is 4.79 Å². The molecule has 0 spiro atoms. The van der Waals surface area contributed by atoms with Crippen LogP contribution >= 0.6 is 0 Å². The summed E-state index contributed by atoms with van der Waals surface area (Å²) in [5.41, 5.74) is -1.93. The van der Waals surface area contributed by atoms with Gasteiger partial charge in [-0.25, -0.2) is 9.18 Å². The fourth-order valence-electron chi connectivity index (χ4n) is 2.30. The Morgan fingerprint density at radius 3 is 2.30 bits per heavy atom. The van der Waals surface area contributed by atoms with E-state index in [0.717, 1.165) is 13.3 Å². The zero-order valence-corrected chi connectivity index (χ0v) is 15.2. The molecule has 0 radical (unpaired) electrons. The molecule has 146 valence electrons. The number of halogens is 3. The Morgan fingerprint density at radius 2 is 1.74 bits per heavy atom. The third kappa shape index (κ3) is 4.69. The van der Waals surface area contributed by atoms with Crippen LogP contribution in [0, 0.1) is 24.5 Å². The molecule has 0 fully saturated rings. The van der Waals surface area contributed by atoms with Crippen molar-refractivity contribution in [3.05, 3.63) is 47.4 Å². The highest BCUT2D eigenvalue weighted by Gasteiger charge is 2.34. The number of carboxylic acid groups (broad SMARTS) is 1. The lowest BCUT2D eigenvalue weighted by Gasteiger charge is -2.26. The normalized spacial score (nSPS) is 13.1. The second-order valence-corrected chi connectivity index (χ2v) is 6.28. The number of ether oxygens (including phenoxy) is 2. The van der Waals surface area contributed by atoms with Crippen molar-refractivity contribution in [2.24, 2.45) is 0 Å². The standard InChI is InChI=1S/C19H20F3NO4/c1-4-5-10-19(3,18(24)25)27-13-8-6-12(7-9-13)26-17-15(21)14(20)11(2)16(22)23-17/h6-9H,4-5,10H2,1-3H3,(H,24,25). The molecular formula is C19H20F3NO4. The van der Waals surface area contributed by atoms with Crippen molar-refractivity contribution in [2.75, 3.05) is 0 Å². The van der Waals surface area contributed by atoms with Crippen LogP contribution in [0.4, 0.5) is 13.2 Å². The Morgan fingerprint density at radius 1 is 1.15 bits per heavy atom. The molecule has 0 saturated carbocycles. The predicted octanol–water partition coefficient (Wildman–Crippen LogP) is 5.01. The van der Waals surface area contributed by atoms with Gasteiger partial charge in [0.05, 0.1) is 0 Å². The number of carbonyl (C=O) groups is 1. The molecule has 1 aromatic carbocycles. The van der Waals surface area contributed by atoms with Crippen molar-refractivity contribution >= 4 is 5.97 Å². The summed E-state index contributed by atoms with van der Waals surface area (Å²) < 4.78 is 51.5. The number of rotatable bonds is 8. The fourth-order valence-corrected chi connectivity index (χ4v) is 2.30. The Kier molecular flexibility index (Phi) is 6.30. The molecule has 27 heavy (non-hydrogen) atoms. The largest absolute Gasteiger partial charge is 0.478 e. The van der Waals surface area contributed by atoms with E-state index in [-0.39, 0.29) is 11.5 Å². The van der Waals surface area contributed by atoms with E-state index >= 15 is 0 Å². The van der Waals surface area contributed by atoms with Crippen LogP contribution in [-0.4, -0.2) is 21.7 Å². The van der Waals surface area contributed by atoms with Gasteiger partial charge >= 0.3 is 5.97 Å². The molecule has 0 aliphatic heterocycles. The van der Waals surface area contributed by atoms with E-state index in [4.69, 9.17) is 9.47 Å². The maximum absolute atomic E-state index is 13.8. The summed E-state index contributed by atoms with van der Waals surface area (Å²) in [6, 6.07) is 5.55. The van der Waals surface area contributed by atoms with Crippen molar-refractivity contribution < 1.29 is 32.5 Å². The van der Waals surface area contributed by atoms with Gasteiger partial charge in [-0.15, -0.1) is 0 Å². The first-order valence-electron chi connectivity index (χ1n) is 8.39. The Hall–Kier alpha value is -2.77. The molecule has 0 saturated heterocycles. The number of nitrogens with zero attached hydrogens (tertiary/aromatic N) is 1. The third-order valence-corrected chi connectivity index (χ3v) is 4.06. The first kappa shape index (κ1) is 20.5. The molecule has 1 atom stereocenters. The number of aliphatic carboxylic acids is 1. The highest BCUT2D eigenvalue weighted by atomic mass is 19.2. The van der Waals surface area contributed by atoms with Crippen molar-refractivity contribution in [1.82, 2.24) is 4.98 Å². The Labute approximate surface area is 154 Å². The zero-order valence-electron chi connectivity index (χ0n) is 15.2. The van der Waals surface area contributed by atoms with Crippen LogP contribution in [0.15, 0.2) is 24.3 Å². The summed E-state index contributed by atoms with van der Waals surface area (Å²) in [6.07, 6.45) is 1.83. The molecule has 1 N–H and O–H groups in total. The lowest BCUT2D eigenvalue weighted by Crippen LogP contribution is -2.41. The van der Waals surface area contributed by atoms with Gasteiger partial charge in [-0.05, 0) is 51.0 Å². The average molecular weight is 383 g/mol. The molecule has 0 aliphatic rings. The van der Waals surface area contributed by atoms with Crippen LogP contribution in [0.5, 0.6) is 17.4 Å². The van der Waals surface area contributed by atoms with Crippen LogP contribution in [0.1, 0.15) is 38.7 Å². The summed E-state index contributed by atoms with van der Waals surface area (Å²) in [6.45, 7) is 4.49. The van der Waals surface area contributed by atoms with Gasteiger partial charge in [-0.1, -0.05) is 13.3 Å². The van der Waals surface area contributed by atoms with Crippen LogP contribution in [0.25, 0.3) is 0 Å². The molecule has 1 heterocycles. The highest BCUT2D eigenvalue weighted by Crippen LogP contribution is 2.29. The van der Waals surface area contributed by atoms with E-state index in [1.807, 2.05) is 6.92 Å². The van der Waals surface area contributed by atoms with Crippen LogP contribution in [0.2, 0.25) is 0 Å². The summed E-state index contributed by atoms with van der Waals surface area (Å²) in [5.74, 6) is -5.54. The fraction of sp³-hybridized carbons (Fsp3) is 0.368. The van der Waals surface area contributed by atoms with Crippen LogP contribution in [0.3, 0.4) is 0 Å². The molecule has 5 nitrogen and oxygen atoms in total. The van der Waals surface area contributed by atoms with E-state index < -0.39 is 40.6 Å². The number of pyridine rings is 1. The molecule has 1 aromatic heterocycles. The van der Waals surface area contributed by atoms with Gasteiger partial charge in [0, 0.05) is 5.56 Å².